The number of phenolic OH excluding ortho intramolecular Hbond substituents is 1. The number of nitrogens with one attached hydrogen (secondary N) is 4. The van der Waals surface area contributed by atoms with Gasteiger partial charge in [0.1, 0.15) is 92.3 Å². The number of carbonyl (C=O) groups excluding carboxylic acids is 5. The maximum atomic E-state index is 14.3. The molecule has 3 aromatic carbocycles. The van der Waals surface area contributed by atoms with E-state index in [4.69, 9.17) is 85.5 Å². The van der Waals surface area contributed by atoms with E-state index in [0.717, 1.165) is 6.07 Å². The van der Waals surface area contributed by atoms with Crippen molar-refractivity contribution >= 4 is 117 Å². The maximum Gasteiger partial charge on any atom is 0.407 e. The van der Waals surface area contributed by atoms with Gasteiger partial charge in [-0.2, -0.15) is 0 Å². The summed E-state index contributed by atoms with van der Waals surface area (Å²) in [5, 5.41) is 41.8. The van der Waals surface area contributed by atoms with Crippen LogP contribution in [0.1, 0.15) is 138 Å². The molecule has 1 aliphatic heterocycles. The number of phenols is 1. The molecule has 3 atom stereocenters. The van der Waals surface area contributed by atoms with Crippen molar-refractivity contribution < 1.29 is 75.8 Å². The lowest BCUT2D eigenvalue weighted by Crippen LogP contribution is -2.37. The number of aromatic nitrogens is 9. The minimum Gasteiger partial charge on any atom is -0.508 e. The highest BCUT2D eigenvalue weighted by molar-refractivity contribution is 6.32. The first-order valence-corrected chi connectivity index (χ1v) is 34.4. The predicted octanol–water partition coefficient (Wildman–Crippen LogP) is 10.7. The van der Waals surface area contributed by atoms with Crippen LogP contribution in [-0.4, -0.2) is 159 Å². The van der Waals surface area contributed by atoms with Crippen LogP contribution in [-0.2, 0) is 38.6 Å². The van der Waals surface area contributed by atoms with Crippen LogP contribution in [0, 0.1) is 17.5 Å². The summed E-state index contributed by atoms with van der Waals surface area (Å²) in [5.74, 6) is -1.27. The standard InChI is InChI=1S/C24H30ClFN6O5.C19H20ClFN6O2.C18H19ClFN5O3.C8H17NO3/c1-6-35-22(33)18-20(27)31-32-10-9-17(30-21(18)32)28-12-14-16(8-7-15(26)19(14)25)36-13(2)11-29-23(34)37-24(3,4)5;1-3-26-9-11-13(5-4-12(21)16(11)20)29-10(2)8-23-19(28)15-17(22)25-27-7-6-14(26)24-18(15)27;1-3-24(9-10-12(26)6-5-11(20)15(10)19)13-7-8-25-17(22-13)14(16(21)23-25)18(27)28-4-2;1-6(10)5-9-7(11)12-8(2,3)4/h7-10,13H,6,11-12H2,1-5H3,(H2,27,31)(H,28,30)(H,29,34);4-7,10H,3,8-9H2,1-2H3,(H2,22,25)(H,23,28);5-8,26H,3-4,9H2,1-2H3,(H2,21,23);6,10H,5H2,1-4H3,(H,9,11)/t13-;10-;;6-/m00.1/s1. The molecular weight excluding hydrogens is 1450 g/mol. The van der Waals surface area contributed by atoms with Gasteiger partial charge in [0, 0.05) is 74.5 Å². The van der Waals surface area contributed by atoms with Gasteiger partial charge in [0.2, 0.25) is 0 Å². The van der Waals surface area contributed by atoms with Gasteiger partial charge in [-0.1, -0.05) is 34.8 Å². The Morgan fingerprint density at radius 1 is 0.708 bits per heavy atom. The molecule has 31 nitrogen and oxygen atoms in total. The number of alkyl carbamates (subject to hydrolysis) is 2. The lowest BCUT2D eigenvalue weighted by Gasteiger charge is -2.25. The lowest BCUT2D eigenvalue weighted by molar-refractivity contribution is 0.0491. The van der Waals surface area contributed by atoms with E-state index >= 15 is 0 Å². The predicted molar refractivity (Wildman–Crippen MR) is 393 cm³/mol. The molecule has 7 heterocycles. The van der Waals surface area contributed by atoms with E-state index in [0.29, 0.717) is 58.8 Å². The normalized spacial score (nSPS) is 13.4. The molecule has 0 saturated carbocycles. The van der Waals surface area contributed by atoms with Gasteiger partial charge in [0.15, 0.2) is 34.4 Å². The van der Waals surface area contributed by atoms with Crippen molar-refractivity contribution in [2.45, 2.75) is 139 Å². The number of halogens is 6. The monoisotopic (exact) mass is 1540 g/mol. The smallest absolute Gasteiger partial charge is 0.407 e. The number of ether oxygens (including phenoxy) is 6. The van der Waals surface area contributed by atoms with Crippen LogP contribution in [0.25, 0.3) is 16.9 Å². The fraction of sp³-hybridized carbons (Fsp3) is 0.406. The van der Waals surface area contributed by atoms with Gasteiger partial charge < -0.3 is 86.9 Å². The number of hydrogen-bond donors (Lipinski definition) is 9. The molecule has 12 N–H and O–H groups in total. The molecule has 0 aliphatic carbocycles. The molecule has 572 valence electrons. The topological polar surface area (TPSA) is 404 Å². The number of benzene rings is 3. The number of nitrogens with two attached hydrogens (primary N) is 3. The Balaban J connectivity index is 0.000000208. The summed E-state index contributed by atoms with van der Waals surface area (Å²) in [6.07, 6.45) is 2.36. The summed E-state index contributed by atoms with van der Waals surface area (Å²) < 4.78 is 78.5. The van der Waals surface area contributed by atoms with Gasteiger partial charge in [-0.05, 0) is 145 Å². The zero-order chi connectivity index (χ0) is 78.2. The van der Waals surface area contributed by atoms with Gasteiger partial charge in [-0.15, -0.1) is 15.3 Å². The third-order valence-corrected chi connectivity index (χ3v) is 16.0. The zero-order valence-corrected chi connectivity index (χ0v) is 62.8. The van der Waals surface area contributed by atoms with Crippen LogP contribution >= 0.6 is 34.8 Å². The van der Waals surface area contributed by atoms with Crippen LogP contribution in [0.3, 0.4) is 0 Å². The summed E-state index contributed by atoms with van der Waals surface area (Å²) in [6.45, 7) is 25.4. The fourth-order valence-corrected chi connectivity index (χ4v) is 10.6. The highest BCUT2D eigenvalue weighted by atomic mass is 35.5. The summed E-state index contributed by atoms with van der Waals surface area (Å²) >= 11 is 18.5. The molecule has 0 radical (unpaired) electrons. The quantitative estimate of drug-likeness (QED) is 0.0285. The van der Waals surface area contributed by atoms with E-state index in [2.05, 4.69) is 51.5 Å². The molecule has 3 amide bonds. The van der Waals surface area contributed by atoms with Crippen LogP contribution in [0.15, 0.2) is 73.2 Å². The third-order valence-electron chi connectivity index (χ3n) is 14.8. The Bertz CT molecular complexity index is 4630. The molecule has 0 fully saturated rings. The SMILES string of the molecule is CCN1Cc2c(ccc(F)c2Cl)O[C@@H](C)CNC(=O)c2c(N)nn3ccc1nc23.CCOC(=O)c1c(N)nn2ccc(N(CC)Cc3c(O)ccc(F)c3Cl)nc12.CCOC(=O)c1c(N)nn2ccc(NCc3c(O[C@@H](C)CNC(=O)OC(C)(C)C)ccc(F)c3Cl)nc12.C[C@@H](O)CNC(=O)OC(C)(C)C. The Kier molecular flexibility index (Phi) is 28.3. The Hall–Kier alpha value is -10.7. The van der Waals surface area contributed by atoms with E-state index in [1.54, 1.807) is 124 Å². The van der Waals surface area contributed by atoms with Gasteiger partial charge in [-0.25, -0.2) is 60.8 Å². The molecule has 2 bridgehead atoms. The number of carbonyl (C=O) groups is 5. The average molecular weight is 1540 g/mol. The van der Waals surface area contributed by atoms with Crippen molar-refractivity contribution in [3.63, 3.8) is 0 Å². The lowest BCUT2D eigenvalue weighted by atomic mass is 10.1. The molecule has 106 heavy (non-hydrogen) atoms. The molecule has 0 spiro atoms. The summed E-state index contributed by atoms with van der Waals surface area (Å²) in [5.41, 5.74) is 18.8. The van der Waals surface area contributed by atoms with E-state index in [-0.39, 0.29) is 124 Å². The minimum atomic E-state index is -0.641. The van der Waals surface area contributed by atoms with Crippen molar-refractivity contribution in [3.8, 4) is 17.2 Å². The van der Waals surface area contributed by atoms with E-state index < -0.39 is 77.0 Å². The van der Waals surface area contributed by atoms with Crippen molar-refractivity contribution in [1.29, 1.82) is 0 Å². The van der Waals surface area contributed by atoms with Gasteiger partial charge >= 0.3 is 24.1 Å². The third kappa shape index (κ3) is 21.7. The maximum absolute atomic E-state index is 14.3. The van der Waals surface area contributed by atoms with Gasteiger partial charge in [-0.3, -0.25) is 4.79 Å². The number of nitrogen functional groups attached to an aromatic ring is 3. The number of anilines is 6. The average Bonchev–Trinajstić information content (AvgIpc) is 1.60. The second-order valence-corrected chi connectivity index (χ2v) is 26.6. The van der Waals surface area contributed by atoms with E-state index in [9.17, 15) is 42.3 Å². The van der Waals surface area contributed by atoms with Crippen LogP contribution < -0.4 is 57.7 Å². The van der Waals surface area contributed by atoms with E-state index in [1.807, 2.05) is 18.7 Å². The molecule has 6 aromatic heterocycles. The molecule has 0 saturated heterocycles. The van der Waals surface area contributed by atoms with Crippen molar-refractivity contribution in [1.82, 2.24) is 59.7 Å². The number of nitrogens with zero attached hydrogens (tertiary/aromatic N) is 11. The number of aliphatic hydroxyl groups is 1. The van der Waals surface area contributed by atoms with Gasteiger partial charge in [0.05, 0.1) is 47.5 Å². The largest absolute Gasteiger partial charge is 0.508 e. The van der Waals surface area contributed by atoms with E-state index in [1.165, 1.54) is 37.8 Å². The highest BCUT2D eigenvalue weighted by Crippen LogP contribution is 2.36. The number of hydrogen-bond acceptors (Lipinski definition) is 25. The zero-order valence-electron chi connectivity index (χ0n) is 60.5. The van der Waals surface area contributed by atoms with Crippen LogP contribution in [0.4, 0.5) is 57.7 Å². The summed E-state index contributed by atoms with van der Waals surface area (Å²) in [7, 11) is 0. The molecular formula is C69H86Cl3F3N18O13. The number of rotatable bonds is 18. The number of esters is 2. The number of amides is 3. The minimum absolute atomic E-state index is 0.00224. The first kappa shape index (κ1) is 82.6. The van der Waals surface area contributed by atoms with Crippen molar-refractivity contribution in [3.05, 3.63) is 139 Å². The highest BCUT2D eigenvalue weighted by Gasteiger charge is 2.28. The molecule has 0 unspecified atom stereocenters. The molecule has 9 aromatic rings. The Morgan fingerprint density at radius 3 is 1.81 bits per heavy atom. The van der Waals surface area contributed by atoms with Crippen LogP contribution in [0.2, 0.25) is 15.1 Å². The Labute approximate surface area is 623 Å². The second kappa shape index (κ2) is 36.3. The first-order valence-electron chi connectivity index (χ1n) is 33.3. The molecule has 37 heteroatoms. The first-order chi connectivity index (χ1) is 50.0. The fourth-order valence-electron chi connectivity index (χ4n) is 9.90. The van der Waals surface area contributed by atoms with Crippen LogP contribution in [0.5, 0.6) is 17.2 Å². The summed E-state index contributed by atoms with van der Waals surface area (Å²) in [6, 6.07) is 12.8. The molecule has 1 aliphatic rings. The number of aliphatic hydroxyl groups excluding tert-OH is 1. The van der Waals surface area contributed by atoms with Crippen molar-refractivity contribution in [2.24, 2.45) is 0 Å². The Morgan fingerprint density at radius 2 is 1.24 bits per heavy atom. The number of aromatic hydroxyl groups is 1. The van der Waals surface area contributed by atoms with Gasteiger partial charge in [0.25, 0.3) is 5.91 Å². The second-order valence-electron chi connectivity index (χ2n) is 25.5. The molecule has 10 rings (SSSR count). The summed E-state index contributed by atoms with van der Waals surface area (Å²) in [4.78, 5) is 77.2. The number of fused-ring (bicyclic) bond motifs is 4. The van der Waals surface area contributed by atoms with Crippen molar-refractivity contribution in [2.75, 3.05) is 78.3 Å².